The molecule has 0 aromatic heterocycles. The van der Waals surface area contributed by atoms with Gasteiger partial charge in [0, 0.05) is 11.8 Å². The van der Waals surface area contributed by atoms with Crippen molar-refractivity contribution in [3.8, 4) is 5.75 Å². The molecular formula is C18H14F3NO3. The van der Waals surface area contributed by atoms with Crippen LogP contribution in [0.1, 0.15) is 5.56 Å². The van der Waals surface area contributed by atoms with Gasteiger partial charge in [-0.1, -0.05) is 18.2 Å². The average Bonchev–Trinajstić information content (AvgIpc) is 2.61. The van der Waals surface area contributed by atoms with Crippen molar-refractivity contribution in [2.75, 3.05) is 7.11 Å². The van der Waals surface area contributed by atoms with Crippen molar-refractivity contribution in [3.63, 3.8) is 0 Å². The summed E-state index contributed by atoms with van der Waals surface area (Å²) in [7, 11) is 1.43. The van der Waals surface area contributed by atoms with Gasteiger partial charge in [-0.3, -0.25) is 9.79 Å². The summed E-state index contributed by atoms with van der Waals surface area (Å²) in [5, 5.41) is 10.2. The molecule has 0 amide bonds. The second-order valence-electron chi connectivity index (χ2n) is 4.91. The number of benzene rings is 2. The highest BCUT2D eigenvalue weighted by atomic mass is 19.4. The SMILES string of the molecule is COc1ccc(/C(O)=C(\C=Nc2ccccc2)C(=O)C(F)(F)F)cc1. The fraction of sp³-hybridized carbons (Fsp3) is 0.111. The third kappa shape index (κ3) is 4.69. The summed E-state index contributed by atoms with van der Waals surface area (Å²) < 4.78 is 43.5. The van der Waals surface area contributed by atoms with Crippen molar-refractivity contribution >= 4 is 23.4 Å². The molecule has 1 N–H and O–H groups in total. The normalized spacial score (nSPS) is 12.8. The lowest BCUT2D eigenvalue weighted by Gasteiger charge is -2.09. The minimum Gasteiger partial charge on any atom is -0.506 e. The Morgan fingerprint density at radius 2 is 1.68 bits per heavy atom. The van der Waals surface area contributed by atoms with Crippen LogP contribution in [0.2, 0.25) is 0 Å². The number of hydrogen-bond donors (Lipinski definition) is 1. The zero-order valence-electron chi connectivity index (χ0n) is 13.1. The molecule has 7 heteroatoms. The van der Waals surface area contributed by atoms with E-state index < -0.39 is 23.3 Å². The third-order valence-electron chi connectivity index (χ3n) is 3.22. The number of Topliss-reactive ketones (excluding diaryl/α,β-unsaturated/α-hetero) is 1. The summed E-state index contributed by atoms with van der Waals surface area (Å²) >= 11 is 0. The fourth-order valence-corrected chi connectivity index (χ4v) is 1.94. The summed E-state index contributed by atoms with van der Waals surface area (Å²) in [6, 6.07) is 13.7. The smallest absolute Gasteiger partial charge is 0.455 e. The number of carbonyl (C=O) groups is 1. The Balaban J connectivity index is 2.48. The predicted molar refractivity (Wildman–Crippen MR) is 88.2 cm³/mol. The van der Waals surface area contributed by atoms with Crippen LogP contribution in [0.3, 0.4) is 0 Å². The quantitative estimate of drug-likeness (QED) is 0.491. The lowest BCUT2D eigenvalue weighted by Crippen LogP contribution is -2.26. The maximum absolute atomic E-state index is 12.8. The van der Waals surface area contributed by atoms with Crippen LogP contribution < -0.4 is 4.74 Å². The second kappa shape index (κ2) is 7.65. The molecule has 0 radical (unpaired) electrons. The first kappa shape index (κ1) is 18.3. The summed E-state index contributed by atoms with van der Waals surface area (Å²) in [4.78, 5) is 15.5. The van der Waals surface area contributed by atoms with Gasteiger partial charge in [-0.25, -0.2) is 0 Å². The van der Waals surface area contributed by atoms with Gasteiger partial charge in [-0.15, -0.1) is 0 Å². The van der Waals surface area contributed by atoms with E-state index in [1.54, 1.807) is 30.3 Å². The number of carbonyl (C=O) groups excluding carboxylic acids is 1. The number of aliphatic imine (C=N–C) groups is 1. The molecule has 2 rings (SSSR count). The van der Waals surface area contributed by atoms with Crippen molar-refractivity contribution in [1.82, 2.24) is 0 Å². The Hall–Kier alpha value is -3.09. The van der Waals surface area contributed by atoms with Crippen LogP contribution in [0.25, 0.3) is 5.76 Å². The van der Waals surface area contributed by atoms with E-state index in [9.17, 15) is 23.1 Å². The summed E-state index contributed by atoms with van der Waals surface area (Å²) in [5.74, 6) is -2.54. The fourth-order valence-electron chi connectivity index (χ4n) is 1.94. The van der Waals surface area contributed by atoms with Crippen LogP contribution in [0.4, 0.5) is 18.9 Å². The van der Waals surface area contributed by atoms with Crippen LogP contribution in [-0.4, -0.2) is 30.4 Å². The monoisotopic (exact) mass is 349 g/mol. The summed E-state index contributed by atoms with van der Waals surface area (Å²) in [6.07, 6.45) is -4.43. The number of aliphatic hydroxyl groups excluding tert-OH is 1. The number of alkyl halides is 3. The van der Waals surface area contributed by atoms with E-state index in [1.165, 1.54) is 31.4 Å². The molecular weight excluding hydrogens is 335 g/mol. The van der Waals surface area contributed by atoms with Crippen molar-refractivity contribution < 1.29 is 27.8 Å². The molecule has 2 aromatic rings. The topological polar surface area (TPSA) is 58.9 Å². The largest absolute Gasteiger partial charge is 0.506 e. The van der Waals surface area contributed by atoms with Gasteiger partial charge in [0.2, 0.25) is 0 Å². The van der Waals surface area contributed by atoms with Crippen LogP contribution in [0.5, 0.6) is 5.75 Å². The van der Waals surface area contributed by atoms with Gasteiger partial charge in [-0.05, 0) is 36.4 Å². The average molecular weight is 349 g/mol. The van der Waals surface area contributed by atoms with Crippen LogP contribution in [0.15, 0.2) is 65.2 Å². The zero-order valence-corrected chi connectivity index (χ0v) is 13.1. The highest BCUT2D eigenvalue weighted by molar-refractivity contribution is 6.20. The molecule has 0 atom stereocenters. The number of allylic oxidation sites excluding steroid dienone is 1. The van der Waals surface area contributed by atoms with E-state index in [4.69, 9.17) is 4.74 Å². The van der Waals surface area contributed by atoms with Crippen molar-refractivity contribution in [3.05, 3.63) is 65.7 Å². The third-order valence-corrected chi connectivity index (χ3v) is 3.22. The number of methoxy groups -OCH3 is 1. The molecule has 0 bridgehead atoms. The van der Waals surface area contributed by atoms with Gasteiger partial charge in [0.05, 0.1) is 18.4 Å². The van der Waals surface area contributed by atoms with E-state index in [-0.39, 0.29) is 5.56 Å². The summed E-state index contributed by atoms with van der Waals surface area (Å²) in [6.45, 7) is 0. The van der Waals surface area contributed by atoms with E-state index in [1.807, 2.05) is 0 Å². The molecule has 0 aliphatic heterocycles. The van der Waals surface area contributed by atoms with Gasteiger partial charge >= 0.3 is 6.18 Å². The lowest BCUT2D eigenvalue weighted by molar-refractivity contribution is -0.165. The molecule has 4 nitrogen and oxygen atoms in total. The van der Waals surface area contributed by atoms with E-state index in [0.29, 0.717) is 17.7 Å². The molecule has 0 aliphatic rings. The Bertz CT molecular complexity index is 795. The van der Waals surface area contributed by atoms with E-state index in [2.05, 4.69) is 4.99 Å². The summed E-state index contributed by atoms with van der Waals surface area (Å²) in [5.41, 5.74) is -0.563. The predicted octanol–water partition coefficient (Wildman–Crippen LogP) is 4.50. The Morgan fingerprint density at radius 1 is 1.08 bits per heavy atom. The maximum atomic E-state index is 12.8. The van der Waals surface area contributed by atoms with Crippen molar-refractivity contribution in [2.24, 2.45) is 4.99 Å². The zero-order chi connectivity index (χ0) is 18.4. The molecule has 0 spiro atoms. The second-order valence-corrected chi connectivity index (χ2v) is 4.91. The minimum atomic E-state index is -5.14. The van der Waals surface area contributed by atoms with Gasteiger partial charge in [0.15, 0.2) is 0 Å². The van der Waals surface area contributed by atoms with Gasteiger partial charge in [0.25, 0.3) is 5.78 Å². The number of nitrogens with zero attached hydrogens (tertiary/aromatic N) is 1. The van der Waals surface area contributed by atoms with E-state index >= 15 is 0 Å². The van der Waals surface area contributed by atoms with E-state index in [0.717, 1.165) is 0 Å². The number of halogens is 3. The van der Waals surface area contributed by atoms with Gasteiger partial charge < -0.3 is 9.84 Å². The first-order valence-corrected chi connectivity index (χ1v) is 7.11. The van der Waals surface area contributed by atoms with Crippen LogP contribution >= 0.6 is 0 Å². The van der Waals surface area contributed by atoms with Crippen LogP contribution in [0, 0.1) is 0 Å². The Morgan fingerprint density at radius 3 is 2.20 bits per heavy atom. The van der Waals surface area contributed by atoms with Crippen molar-refractivity contribution in [2.45, 2.75) is 6.18 Å². The number of para-hydroxylation sites is 1. The first-order chi connectivity index (χ1) is 11.8. The molecule has 0 fully saturated rings. The Kier molecular flexibility index (Phi) is 5.59. The Labute approximate surface area is 141 Å². The van der Waals surface area contributed by atoms with Gasteiger partial charge in [-0.2, -0.15) is 13.2 Å². The standard InChI is InChI=1S/C18H14F3NO3/c1-25-14-9-7-12(8-10-14)16(23)15(17(24)18(19,20)21)11-22-13-5-3-2-4-6-13/h2-11,23H,1H3/b16-15-,22-11?. The van der Waals surface area contributed by atoms with Crippen molar-refractivity contribution in [1.29, 1.82) is 0 Å². The minimum absolute atomic E-state index is 0.0351. The molecule has 2 aromatic carbocycles. The lowest BCUT2D eigenvalue weighted by atomic mass is 10.0. The molecule has 25 heavy (non-hydrogen) atoms. The molecule has 0 unspecified atom stereocenters. The number of ketones is 1. The van der Waals surface area contributed by atoms with Crippen LogP contribution in [-0.2, 0) is 4.79 Å². The number of hydrogen-bond acceptors (Lipinski definition) is 4. The first-order valence-electron chi connectivity index (χ1n) is 7.11. The number of rotatable bonds is 5. The van der Waals surface area contributed by atoms with Gasteiger partial charge in [0.1, 0.15) is 11.5 Å². The molecule has 0 heterocycles. The molecule has 0 saturated heterocycles. The maximum Gasteiger partial charge on any atom is 0.455 e. The molecule has 130 valence electrons. The molecule has 0 aliphatic carbocycles. The number of ether oxygens (including phenoxy) is 1. The number of aliphatic hydroxyl groups is 1. The molecule has 0 saturated carbocycles. The highest BCUT2D eigenvalue weighted by Crippen LogP contribution is 2.26. The highest BCUT2D eigenvalue weighted by Gasteiger charge is 2.41.